The molecule has 8 nitrogen and oxygen atoms in total. The maximum atomic E-state index is 11.9. The van der Waals surface area contributed by atoms with Gasteiger partial charge in [-0.2, -0.15) is 9.61 Å². The van der Waals surface area contributed by atoms with Crippen molar-refractivity contribution in [3.63, 3.8) is 0 Å². The molecule has 0 saturated heterocycles. The van der Waals surface area contributed by atoms with Crippen LogP contribution >= 0.6 is 0 Å². The summed E-state index contributed by atoms with van der Waals surface area (Å²) < 4.78 is 6.82. The fourth-order valence-electron chi connectivity index (χ4n) is 2.77. The molecule has 3 heterocycles. The van der Waals surface area contributed by atoms with Crippen molar-refractivity contribution in [3.05, 3.63) is 60.9 Å². The van der Waals surface area contributed by atoms with Gasteiger partial charge in [0.25, 0.3) is 0 Å². The number of pyridine rings is 1. The lowest BCUT2D eigenvalue weighted by molar-refractivity contribution is -0.120. The monoisotopic (exact) mass is 374 g/mol. The summed E-state index contributed by atoms with van der Waals surface area (Å²) in [5.74, 6) is 0.422. The number of aromatic nitrogens is 5. The molecule has 0 fully saturated rings. The van der Waals surface area contributed by atoms with Crippen LogP contribution in [0.1, 0.15) is 6.92 Å². The van der Waals surface area contributed by atoms with Crippen LogP contribution in [0.4, 0.5) is 5.69 Å². The highest BCUT2D eigenvalue weighted by molar-refractivity contribution is 5.92. The molecule has 0 aliphatic heterocycles. The molecule has 0 aliphatic carbocycles. The summed E-state index contributed by atoms with van der Waals surface area (Å²) in [5.41, 5.74) is 3.75. The Balaban J connectivity index is 1.66. The van der Waals surface area contributed by atoms with Crippen molar-refractivity contribution in [2.45, 2.75) is 6.92 Å². The summed E-state index contributed by atoms with van der Waals surface area (Å²) >= 11 is 0. The molecule has 28 heavy (non-hydrogen) atoms. The molecule has 0 aliphatic rings. The molecule has 0 radical (unpaired) electrons. The Morgan fingerprint density at radius 3 is 2.82 bits per heavy atom. The number of benzene rings is 1. The molecule has 0 saturated carbocycles. The van der Waals surface area contributed by atoms with E-state index in [9.17, 15) is 4.79 Å². The fourth-order valence-corrected chi connectivity index (χ4v) is 2.77. The van der Waals surface area contributed by atoms with Crippen LogP contribution in [-0.4, -0.2) is 43.9 Å². The van der Waals surface area contributed by atoms with Gasteiger partial charge in [-0.25, -0.2) is 0 Å². The van der Waals surface area contributed by atoms with E-state index in [0.29, 0.717) is 23.8 Å². The van der Waals surface area contributed by atoms with Gasteiger partial charge in [-0.15, -0.1) is 10.2 Å². The van der Waals surface area contributed by atoms with E-state index < -0.39 is 0 Å². The van der Waals surface area contributed by atoms with Crippen molar-refractivity contribution in [1.82, 2.24) is 24.8 Å². The third kappa shape index (κ3) is 3.72. The number of hydrogen-bond acceptors (Lipinski definition) is 6. The predicted octanol–water partition coefficient (Wildman–Crippen LogP) is 2.83. The lowest BCUT2D eigenvalue weighted by Crippen LogP contribution is -2.18. The first kappa shape index (κ1) is 17.7. The zero-order valence-electron chi connectivity index (χ0n) is 15.2. The Hall–Kier alpha value is -3.65. The largest absolute Gasteiger partial charge is 0.372 e. The molecule has 3 aromatic heterocycles. The zero-order valence-corrected chi connectivity index (χ0v) is 15.2. The number of nitrogens with one attached hydrogen (secondary N) is 1. The Kier molecular flexibility index (Phi) is 5.03. The molecule has 0 spiro atoms. The molecule has 0 unspecified atom stereocenters. The maximum absolute atomic E-state index is 11.9. The Labute approximate surface area is 161 Å². The van der Waals surface area contributed by atoms with Crippen molar-refractivity contribution in [2.75, 3.05) is 18.5 Å². The first-order chi connectivity index (χ1) is 13.7. The average Bonchev–Trinajstić information content (AvgIpc) is 3.16. The number of nitrogens with zero attached hydrogens (tertiary/aromatic N) is 5. The van der Waals surface area contributed by atoms with Crippen LogP contribution in [0.3, 0.4) is 0 Å². The van der Waals surface area contributed by atoms with E-state index in [0.717, 1.165) is 16.8 Å². The van der Waals surface area contributed by atoms with Crippen molar-refractivity contribution in [3.8, 4) is 22.6 Å². The second-order valence-electron chi connectivity index (χ2n) is 6.02. The molecular weight excluding hydrogens is 356 g/mol. The number of amides is 1. The highest BCUT2D eigenvalue weighted by atomic mass is 16.5. The number of hydrogen-bond donors (Lipinski definition) is 1. The van der Waals surface area contributed by atoms with Crippen LogP contribution in [0.25, 0.3) is 28.3 Å². The standard InChI is InChI=1S/C20H18N6O2/c1-2-28-13-19(27)22-16-7-3-5-14(11-16)17-8-9-18-23-24-20(26(18)25-17)15-6-4-10-21-12-15/h3-12H,2,13H2,1H3,(H,22,27). The van der Waals surface area contributed by atoms with E-state index in [1.54, 1.807) is 16.9 Å². The number of carbonyl (C=O) groups is 1. The van der Waals surface area contributed by atoms with Gasteiger partial charge in [0, 0.05) is 35.8 Å². The van der Waals surface area contributed by atoms with Crippen molar-refractivity contribution in [2.24, 2.45) is 0 Å². The maximum Gasteiger partial charge on any atom is 0.250 e. The minimum absolute atomic E-state index is 0.0279. The van der Waals surface area contributed by atoms with Gasteiger partial charge in [0.1, 0.15) is 6.61 Å². The third-order valence-corrected chi connectivity index (χ3v) is 4.06. The van der Waals surface area contributed by atoms with Gasteiger partial charge in [0.15, 0.2) is 11.5 Å². The van der Waals surface area contributed by atoms with E-state index >= 15 is 0 Å². The van der Waals surface area contributed by atoms with Gasteiger partial charge in [0.05, 0.1) is 5.69 Å². The highest BCUT2D eigenvalue weighted by Crippen LogP contribution is 2.23. The van der Waals surface area contributed by atoms with Crippen molar-refractivity contribution >= 4 is 17.2 Å². The Morgan fingerprint density at radius 1 is 1.11 bits per heavy atom. The number of anilines is 1. The lowest BCUT2D eigenvalue weighted by atomic mass is 10.1. The van der Waals surface area contributed by atoms with Gasteiger partial charge in [0.2, 0.25) is 5.91 Å². The number of carbonyl (C=O) groups excluding carboxylic acids is 1. The first-order valence-electron chi connectivity index (χ1n) is 8.85. The van der Waals surface area contributed by atoms with E-state index in [1.165, 1.54) is 0 Å². The van der Waals surface area contributed by atoms with Gasteiger partial charge in [-0.3, -0.25) is 9.78 Å². The summed E-state index contributed by atoms with van der Waals surface area (Å²) in [5, 5.41) is 15.9. The van der Waals surface area contributed by atoms with Crippen molar-refractivity contribution in [1.29, 1.82) is 0 Å². The zero-order chi connectivity index (χ0) is 19.3. The number of rotatable bonds is 6. The van der Waals surface area contributed by atoms with Gasteiger partial charge < -0.3 is 10.1 Å². The smallest absolute Gasteiger partial charge is 0.250 e. The van der Waals surface area contributed by atoms with E-state index in [-0.39, 0.29) is 12.5 Å². The molecule has 1 amide bonds. The molecule has 4 rings (SSSR count). The van der Waals surface area contributed by atoms with E-state index in [2.05, 4.69) is 25.6 Å². The Morgan fingerprint density at radius 2 is 2.00 bits per heavy atom. The summed E-state index contributed by atoms with van der Waals surface area (Å²) in [6, 6.07) is 15.0. The molecule has 0 atom stereocenters. The molecule has 1 N–H and O–H groups in total. The van der Waals surface area contributed by atoms with Gasteiger partial charge in [-0.05, 0) is 43.3 Å². The summed E-state index contributed by atoms with van der Waals surface area (Å²) in [6.07, 6.45) is 3.43. The molecule has 4 aromatic rings. The number of fused-ring (bicyclic) bond motifs is 1. The molecule has 1 aromatic carbocycles. The third-order valence-electron chi connectivity index (χ3n) is 4.06. The molecule has 0 bridgehead atoms. The molecule has 140 valence electrons. The van der Waals surface area contributed by atoms with E-state index in [4.69, 9.17) is 4.74 Å². The minimum Gasteiger partial charge on any atom is -0.372 e. The highest BCUT2D eigenvalue weighted by Gasteiger charge is 2.11. The molecular formula is C20H18N6O2. The second kappa shape index (κ2) is 7.93. The second-order valence-corrected chi connectivity index (χ2v) is 6.02. The van der Waals surface area contributed by atoms with Crippen LogP contribution in [0, 0.1) is 0 Å². The van der Waals surface area contributed by atoms with Crippen LogP contribution < -0.4 is 5.32 Å². The minimum atomic E-state index is -0.194. The average molecular weight is 374 g/mol. The summed E-state index contributed by atoms with van der Waals surface area (Å²) in [4.78, 5) is 16.0. The topological polar surface area (TPSA) is 94.3 Å². The quantitative estimate of drug-likeness (QED) is 0.558. The Bertz CT molecular complexity index is 1110. The number of ether oxygens (including phenoxy) is 1. The molecule has 8 heteroatoms. The normalized spacial score (nSPS) is 10.9. The summed E-state index contributed by atoms with van der Waals surface area (Å²) in [7, 11) is 0. The van der Waals surface area contributed by atoms with Crippen LogP contribution in [-0.2, 0) is 9.53 Å². The van der Waals surface area contributed by atoms with Crippen molar-refractivity contribution < 1.29 is 9.53 Å². The van der Waals surface area contributed by atoms with Crippen LogP contribution in [0.2, 0.25) is 0 Å². The lowest BCUT2D eigenvalue weighted by Gasteiger charge is -2.08. The van der Waals surface area contributed by atoms with Crippen LogP contribution in [0.5, 0.6) is 0 Å². The van der Waals surface area contributed by atoms with E-state index in [1.807, 2.05) is 55.5 Å². The van der Waals surface area contributed by atoms with Crippen LogP contribution in [0.15, 0.2) is 60.9 Å². The summed E-state index contributed by atoms with van der Waals surface area (Å²) in [6.45, 7) is 2.37. The first-order valence-corrected chi connectivity index (χ1v) is 8.85. The predicted molar refractivity (Wildman–Crippen MR) is 105 cm³/mol. The van der Waals surface area contributed by atoms with Gasteiger partial charge >= 0.3 is 0 Å². The SMILES string of the molecule is CCOCC(=O)Nc1cccc(-c2ccc3nnc(-c4cccnc4)n3n2)c1. The fraction of sp³-hybridized carbons (Fsp3) is 0.150. The van der Waals surface area contributed by atoms with Gasteiger partial charge in [-0.1, -0.05) is 12.1 Å².